The Morgan fingerprint density at radius 1 is 1.25 bits per heavy atom. The Hall–Kier alpha value is -0.900. The third kappa shape index (κ3) is 7.40. The summed E-state index contributed by atoms with van der Waals surface area (Å²) >= 11 is 0. The van der Waals surface area contributed by atoms with Crippen LogP contribution in [-0.4, -0.2) is 6.54 Å². The lowest BCUT2D eigenvalue weighted by Gasteiger charge is -2.18. The Morgan fingerprint density at radius 2 is 1.88 bits per heavy atom. The molecule has 0 aliphatic carbocycles. The molecule has 1 N–H and O–H groups in total. The van der Waals surface area contributed by atoms with E-state index in [1.54, 1.807) is 0 Å². The van der Waals surface area contributed by atoms with Crippen molar-refractivity contribution in [3.8, 4) is 12.3 Å². The van der Waals surface area contributed by atoms with Crippen LogP contribution in [0.4, 0.5) is 0 Å². The smallest absolute Gasteiger partial charge is 0.0169 e. The number of hydrogen-bond donors (Lipinski definition) is 1. The molecule has 0 fully saturated rings. The zero-order chi connectivity index (χ0) is 12.6. The molecule has 2 unspecified atom stereocenters. The van der Waals surface area contributed by atoms with Crippen molar-refractivity contribution in [1.82, 2.24) is 5.32 Å². The quantitative estimate of drug-likeness (QED) is 0.614. The van der Waals surface area contributed by atoms with E-state index in [0.29, 0.717) is 11.8 Å². The van der Waals surface area contributed by atoms with Gasteiger partial charge in [0, 0.05) is 24.6 Å². The van der Waals surface area contributed by atoms with Crippen LogP contribution in [0, 0.1) is 30.1 Å². The molecule has 92 valence electrons. The molecule has 0 heterocycles. The van der Waals surface area contributed by atoms with Crippen molar-refractivity contribution in [2.75, 3.05) is 6.54 Å². The minimum absolute atomic E-state index is 0.377. The zero-order valence-corrected chi connectivity index (χ0v) is 11.3. The van der Waals surface area contributed by atoms with Gasteiger partial charge >= 0.3 is 0 Å². The van der Waals surface area contributed by atoms with Crippen molar-refractivity contribution in [3.05, 3.63) is 12.3 Å². The molecular formula is C15H27N. The molecule has 0 bridgehead atoms. The minimum Gasteiger partial charge on any atom is -0.388 e. The Balaban J connectivity index is 3.71. The Kier molecular flexibility index (Phi) is 7.81. The van der Waals surface area contributed by atoms with E-state index in [-0.39, 0.29) is 0 Å². The first kappa shape index (κ1) is 15.1. The highest BCUT2D eigenvalue weighted by atomic mass is 14.9. The number of hydrogen-bond acceptors (Lipinski definition) is 1. The van der Waals surface area contributed by atoms with Gasteiger partial charge in [0.15, 0.2) is 0 Å². The summed E-state index contributed by atoms with van der Waals surface area (Å²) in [5.41, 5.74) is 1.08. The van der Waals surface area contributed by atoms with E-state index in [4.69, 9.17) is 6.42 Å². The van der Waals surface area contributed by atoms with Gasteiger partial charge in [0.1, 0.15) is 0 Å². The Labute approximate surface area is 102 Å². The van der Waals surface area contributed by atoms with Crippen molar-refractivity contribution in [2.45, 2.75) is 47.0 Å². The fourth-order valence-electron chi connectivity index (χ4n) is 1.50. The largest absolute Gasteiger partial charge is 0.388 e. The van der Waals surface area contributed by atoms with Crippen molar-refractivity contribution in [1.29, 1.82) is 0 Å². The van der Waals surface area contributed by atoms with E-state index in [1.165, 1.54) is 12.8 Å². The summed E-state index contributed by atoms with van der Waals surface area (Å²) in [5.74, 6) is 4.56. The van der Waals surface area contributed by atoms with E-state index in [1.807, 2.05) is 0 Å². The van der Waals surface area contributed by atoms with Crippen LogP contribution in [0.2, 0.25) is 0 Å². The molecule has 1 heteroatoms. The summed E-state index contributed by atoms with van der Waals surface area (Å²) in [6.07, 6.45) is 8.64. The highest BCUT2D eigenvalue weighted by Crippen LogP contribution is 2.13. The Bertz CT molecular complexity index is 234. The molecule has 0 radical (unpaired) electrons. The van der Waals surface area contributed by atoms with Crippen LogP contribution in [0.3, 0.4) is 0 Å². The van der Waals surface area contributed by atoms with E-state index in [0.717, 1.165) is 24.6 Å². The lowest BCUT2D eigenvalue weighted by Crippen LogP contribution is -2.23. The molecule has 0 aliphatic heterocycles. The second-order valence-corrected chi connectivity index (χ2v) is 5.29. The van der Waals surface area contributed by atoms with Crippen molar-refractivity contribution >= 4 is 0 Å². The van der Waals surface area contributed by atoms with Gasteiger partial charge in [-0.1, -0.05) is 40.7 Å². The zero-order valence-electron chi connectivity index (χ0n) is 11.3. The van der Waals surface area contributed by atoms with Gasteiger partial charge in [-0.3, -0.25) is 0 Å². The van der Waals surface area contributed by atoms with Gasteiger partial charge < -0.3 is 5.32 Å². The summed E-state index contributed by atoms with van der Waals surface area (Å²) in [6.45, 7) is 14.0. The van der Waals surface area contributed by atoms with Crippen molar-refractivity contribution in [3.63, 3.8) is 0 Å². The molecule has 0 aliphatic rings. The summed E-state index contributed by atoms with van der Waals surface area (Å²) in [7, 11) is 0. The summed E-state index contributed by atoms with van der Waals surface area (Å²) in [5, 5.41) is 3.40. The van der Waals surface area contributed by atoms with Gasteiger partial charge in [0.05, 0.1) is 0 Å². The molecule has 1 nitrogen and oxygen atoms in total. The summed E-state index contributed by atoms with van der Waals surface area (Å²) < 4.78 is 0. The van der Waals surface area contributed by atoms with Gasteiger partial charge in [0.25, 0.3) is 0 Å². The van der Waals surface area contributed by atoms with Crippen LogP contribution in [0.15, 0.2) is 12.3 Å². The summed E-state index contributed by atoms with van der Waals surface area (Å²) in [6, 6.07) is 0. The molecule has 0 aromatic rings. The third-order valence-electron chi connectivity index (χ3n) is 2.93. The SMILES string of the molecule is C#CCC(C)C(=C)NCC(C)CCC(C)C. The fraction of sp³-hybridized carbons (Fsp3) is 0.733. The molecule has 0 amide bonds. The number of allylic oxidation sites excluding steroid dienone is 1. The maximum Gasteiger partial charge on any atom is 0.0169 e. The van der Waals surface area contributed by atoms with Gasteiger partial charge in [-0.25, -0.2) is 0 Å². The van der Waals surface area contributed by atoms with Crippen LogP contribution >= 0.6 is 0 Å². The van der Waals surface area contributed by atoms with Gasteiger partial charge in [-0.15, -0.1) is 12.3 Å². The number of nitrogens with one attached hydrogen (secondary N) is 1. The first-order chi connectivity index (χ1) is 7.47. The van der Waals surface area contributed by atoms with E-state index < -0.39 is 0 Å². The number of terminal acetylenes is 1. The predicted octanol–water partition coefficient (Wildman–Crippen LogP) is 3.82. The average Bonchev–Trinajstić information content (AvgIpc) is 2.23. The highest BCUT2D eigenvalue weighted by Gasteiger charge is 2.07. The van der Waals surface area contributed by atoms with Crippen LogP contribution in [0.1, 0.15) is 47.0 Å². The van der Waals surface area contributed by atoms with E-state index in [2.05, 4.69) is 45.5 Å². The average molecular weight is 221 g/mol. The maximum atomic E-state index is 5.29. The normalized spacial score (nSPS) is 14.2. The molecule has 0 spiro atoms. The van der Waals surface area contributed by atoms with Crippen LogP contribution in [0.25, 0.3) is 0 Å². The second kappa shape index (κ2) is 8.28. The van der Waals surface area contributed by atoms with Gasteiger partial charge in [0.2, 0.25) is 0 Å². The predicted molar refractivity (Wildman–Crippen MR) is 73.0 cm³/mol. The minimum atomic E-state index is 0.377. The van der Waals surface area contributed by atoms with Crippen LogP contribution in [-0.2, 0) is 0 Å². The molecule has 0 aromatic heterocycles. The topological polar surface area (TPSA) is 12.0 Å². The van der Waals surface area contributed by atoms with Crippen LogP contribution < -0.4 is 5.32 Å². The number of rotatable bonds is 8. The van der Waals surface area contributed by atoms with Crippen molar-refractivity contribution < 1.29 is 0 Å². The maximum absolute atomic E-state index is 5.29. The monoisotopic (exact) mass is 221 g/mol. The molecule has 16 heavy (non-hydrogen) atoms. The first-order valence-corrected chi connectivity index (χ1v) is 6.33. The molecular weight excluding hydrogens is 194 g/mol. The lowest BCUT2D eigenvalue weighted by atomic mass is 9.98. The van der Waals surface area contributed by atoms with E-state index in [9.17, 15) is 0 Å². The first-order valence-electron chi connectivity index (χ1n) is 6.33. The molecule has 2 atom stereocenters. The molecule has 0 rings (SSSR count). The van der Waals surface area contributed by atoms with Gasteiger partial charge in [-0.05, 0) is 18.3 Å². The Morgan fingerprint density at radius 3 is 2.38 bits per heavy atom. The molecule has 0 aromatic carbocycles. The van der Waals surface area contributed by atoms with E-state index >= 15 is 0 Å². The highest BCUT2D eigenvalue weighted by molar-refractivity contribution is 5.01. The lowest BCUT2D eigenvalue weighted by molar-refractivity contribution is 0.431. The summed E-state index contributed by atoms with van der Waals surface area (Å²) in [4.78, 5) is 0. The molecule has 0 saturated heterocycles. The van der Waals surface area contributed by atoms with Crippen molar-refractivity contribution in [2.24, 2.45) is 17.8 Å². The fourth-order valence-corrected chi connectivity index (χ4v) is 1.50. The molecule has 0 saturated carbocycles. The van der Waals surface area contributed by atoms with Crippen LogP contribution in [0.5, 0.6) is 0 Å². The third-order valence-corrected chi connectivity index (χ3v) is 2.93. The standard InChI is InChI=1S/C15H27N/c1-7-8-14(5)15(6)16-11-13(4)10-9-12(2)3/h1,12-14,16H,6,8-11H2,2-5H3. The second-order valence-electron chi connectivity index (χ2n) is 5.29. The van der Waals surface area contributed by atoms with Gasteiger partial charge in [-0.2, -0.15) is 0 Å².